The van der Waals surface area contributed by atoms with Crippen molar-refractivity contribution < 1.29 is 19.3 Å². The Morgan fingerprint density at radius 1 is 1.53 bits per heavy atom. The molecule has 96 valence electrons. The number of carbonyl (C=O) groups is 2. The smallest absolute Gasteiger partial charge is 0.309 e. The van der Waals surface area contributed by atoms with Crippen LogP contribution in [0.4, 0.5) is 4.79 Å². The summed E-state index contributed by atoms with van der Waals surface area (Å²) < 4.78 is 0. The van der Waals surface area contributed by atoms with Gasteiger partial charge in [-0.25, -0.2) is 10.3 Å². The van der Waals surface area contributed by atoms with Crippen molar-refractivity contribution in [2.24, 2.45) is 0 Å². The van der Waals surface area contributed by atoms with Crippen molar-refractivity contribution in [2.45, 2.75) is 31.8 Å². The molecule has 0 spiro atoms. The Labute approximate surface area is 99.5 Å². The molecule has 0 aliphatic carbocycles. The molecule has 2 bridgehead atoms. The molecule has 3 amide bonds. The number of carbonyl (C=O) groups excluding carboxylic acids is 2. The monoisotopic (exact) mass is 243 g/mol. The molecule has 0 aromatic heterocycles. The summed E-state index contributed by atoms with van der Waals surface area (Å²) in [4.78, 5) is 35.1. The molecule has 2 fully saturated rings. The van der Waals surface area contributed by atoms with Crippen LogP contribution in [0.2, 0.25) is 0 Å². The van der Waals surface area contributed by atoms with Crippen LogP contribution in [-0.2, 0) is 14.5 Å². The van der Waals surface area contributed by atoms with Crippen molar-refractivity contribution in [3.63, 3.8) is 0 Å². The number of hydroxylamine groups is 3. The third-order valence-corrected chi connectivity index (χ3v) is 3.14. The molecule has 0 unspecified atom stereocenters. The predicted molar refractivity (Wildman–Crippen MR) is 57.5 cm³/mol. The van der Waals surface area contributed by atoms with Gasteiger partial charge < -0.3 is 4.90 Å². The van der Waals surface area contributed by atoms with Crippen molar-refractivity contribution in [3.8, 4) is 0 Å². The molecule has 2 aliphatic heterocycles. The van der Waals surface area contributed by atoms with E-state index in [0.717, 1.165) is 6.42 Å². The molecule has 2 aliphatic rings. The van der Waals surface area contributed by atoms with E-state index in [0.29, 0.717) is 19.6 Å². The molecule has 17 heavy (non-hydrogen) atoms. The average molecular weight is 243 g/mol. The summed E-state index contributed by atoms with van der Waals surface area (Å²) >= 11 is 0. The molecule has 2 heterocycles. The van der Waals surface area contributed by atoms with Crippen molar-refractivity contribution in [1.82, 2.24) is 15.4 Å². The van der Waals surface area contributed by atoms with E-state index in [4.69, 9.17) is 9.68 Å². The fourth-order valence-electron chi connectivity index (χ4n) is 2.35. The maximum Gasteiger partial charge on any atom is 0.345 e. The van der Waals surface area contributed by atoms with Gasteiger partial charge in [0.05, 0.1) is 19.8 Å². The van der Waals surface area contributed by atoms with Crippen LogP contribution < -0.4 is 5.48 Å². The Morgan fingerprint density at radius 3 is 2.94 bits per heavy atom. The first-order valence-corrected chi connectivity index (χ1v) is 5.74. The van der Waals surface area contributed by atoms with E-state index in [9.17, 15) is 9.59 Å². The van der Waals surface area contributed by atoms with Gasteiger partial charge in [0.15, 0.2) is 0 Å². The number of hydrogen-bond acceptors (Lipinski definition) is 4. The highest BCUT2D eigenvalue weighted by Crippen LogP contribution is 2.29. The summed E-state index contributed by atoms with van der Waals surface area (Å²) in [6.07, 6.45) is 1.40. The van der Waals surface area contributed by atoms with Gasteiger partial charge >= 0.3 is 6.03 Å². The summed E-state index contributed by atoms with van der Waals surface area (Å²) in [6.45, 7) is 2.72. The van der Waals surface area contributed by atoms with Gasteiger partial charge in [-0.1, -0.05) is 0 Å². The van der Waals surface area contributed by atoms with Gasteiger partial charge in [-0.3, -0.25) is 14.5 Å². The lowest BCUT2D eigenvalue weighted by Crippen LogP contribution is -2.49. The third-order valence-electron chi connectivity index (χ3n) is 3.14. The van der Waals surface area contributed by atoms with Crippen molar-refractivity contribution in [1.29, 1.82) is 0 Å². The van der Waals surface area contributed by atoms with Gasteiger partial charge in [-0.05, 0) is 19.8 Å². The lowest BCUT2D eigenvalue weighted by molar-refractivity contribution is -0.138. The highest BCUT2D eigenvalue weighted by Gasteiger charge is 2.47. The topological polar surface area (TPSA) is 71.1 Å². The summed E-state index contributed by atoms with van der Waals surface area (Å²) in [5.74, 6) is -0.267. The van der Waals surface area contributed by atoms with Crippen LogP contribution in [0.15, 0.2) is 0 Å². The van der Waals surface area contributed by atoms with E-state index < -0.39 is 6.04 Å². The molecule has 7 heteroatoms. The zero-order chi connectivity index (χ0) is 12.4. The highest BCUT2D eigenvalue weighted by molar-refractivity contribution is 5.87. The van der Waals surface area contributed by atoms with Crippen LogP contribution in [0.5, 0.6) is 0 Å². The Balaban J connectivity index is 2.03. The molecule has 2 atom stereocenters. The van der Waals surface area contributed by atoms with Crippen LogP contribution in [0.25, 0.3) is 0 Å². The fourth-order valence-corrected chi connectivity index (χ4v) is 2.35. The predicted octanol–water partition coefficient (Wildman–Crippen LogP) is -0.116. The van der Waals surface area contributed by atoms with Crippen molar-refractivity contribution in [2.75, 3.05) is 20.3 Å². The van der Waals surface area contributed by atoms with E-state index >= 15 is 0 Å². The second kappa shape index (κ2) is 4.89. The van der Waals surface area contributed by atoms with Gasteiger partial charge in [-0.2, -0.15) is 5.06 Å². The SMILES string of the molecule is CCONC(=O)[C@@H]1CC[C@@H]2CN1C(=O)N2OC. The van der Waals surface area contributed by atoms with E-state index in [1.807, 2.05) is 0 Å². The normalized spacial score (nSPS) is 27.5. The zero-order valence-corrected chi connectivity index (χ0v) is 10.0. The van der Waals surface area contributed by atoms with Gasteiger partial charge in [-0.15, -0.1) is 0 Å². The molecule has 1 N–H and O–H groups in total. The number of urea groups is 1. The van der Waals surface area contributed by atoms with Gasteiger partial charge in [0.25, 0.3) is 5.91 Å². The Kier molecular flexibility index (Phi) is 3.49. The van der Waals surface area contributed by atoms with Crippen molar-refractivity contribution in [3.05, 3.63) is 0 Å². The summed E-state index contributed by atoms with van der Waals surface area (Å²) in [7, 11) is 1.47. The lowest BCUT2D eigenvalue weighted by Gasteiger charge is -2.28. The molecule has 0 radical (unpaired) electrons. The molecule has 0 aromatic carbocycles. The molecular weight excluding hydrogens is 226 g/mol. The van der Waals surface area contributed by atoms with E-state index in [1.54, 1.807) is 6.92 Å². The maximum atomic E-state index is 11.9. The first-order chi connectivity index (χ1) is 8.19. The molecule has 2 rings (SSSR count). The number of nitrogens with zero attached hydrogens (tertiary/aromatic N) is 2. The zero-order valence-electron chi connectivity index (χ0n) is 10.0. The summed E-state index contributed by atoms with van der Waals surface area (Å²) in [6, 6.07) is -0.638. The molecule has 0 aromatic rings. The first kappa shape index (κ1) is 12.1. The third kappa shape index (κ3) is 2.07. The Morgan fingerprint density at radius 2 is 2.29 bits per heavy atom. The number of fused-ring (bicyclic) bond motifs is 2. The summed E-state index contributed by atoms with van der Waals surface area (Å²) in [5.41, 5.74) is 2.35. The lowest BCUT2D eigenvalue weighted by atomic mass is 10.0. The Hall–Kier alpha value is -1.34. The first-order valence-electron chi connectivity index (χ1n) is 5.74. The molecular formula is C10H17N3O4. The Bertz CT molecular complexity index is 323. The average Bonchev–Trinajstić information content (AvgIpc) is 2.59. The molecule has 0 saturated carbocycles. The summed E-state index contributed by atoms with van der Waals surface area (Å²) in [5, 5.41) is 1.34. The van der Waals surface area contributed by atoms with Crippen LogP contribution in [-0.4, -0.2) is 54.2 Å². The number of rotatable bonds is 4. The van der Waals surface area contributed by atoms with Crippen LogP contribution in [0.1, 0.15) is 19.8 Å². The molecule has 2 saturated heterocycles. The van der Waals surface area contributed by atoms with Gasteiger partial charge in [0.2, 0.25) is 0 Å². The van der Waals surface area contributed by atoms with Crippen molar-refractivity contribution >= 4 is 11.9 Å². The number of hydrogen-bond donors (Lipinski definition) is 1. The van der Waals surface area contributed by atoms with E-state index in [2.05, 4.69) is 5.48 Å². The molecule has 7 nitrogen and oxygen atoms in total. The number of amides is 3. The number of piperidine rings is 1. The second-order valence-electron chi connectivity index (χ2n) is 4.09. The minimum absolute atomic E-state index is 0.0589. The second-order valence-corrected chi connectivity index (χ2v) is 4.09. The fraction of sp³-hybridized carbons (Fsp3) is 0.800. The van der Waals surface area contributed by atoms with Crippen LogP contribution >= 0.6 is 0 Å². The maximum absolute atomic E-state index is 11.9. The van der Waals surface area contributed by atoms with Gasteiger partial charge in [0, 0.05) is 6.54 Å². The quantitative estimate of drug-likeness (QED) is 0.699. The van der Waals surface area contributed by atoms with E-state index in [-0.39, 0.29) is 18.0 Å². The number of nitrogens with one attached hydrogen (secondary N) is 1. The van der Waals surface area contributed by atoms with Gasteiger partial charge in [0.1, 0.15) is 6.04 Å². The van der Waals surface area contributed by atoms with E-state index in [1.165, 1.54) is 17.1 Å². The highest BCUT2D eigenvalue weighted by atomic mass is 16.7. The minimum atomic E-state index is -0.453. The standard InChI is InChI=1S/C10H17N3O4/c1-3-17-11-9(14)8-5-4-7-6-12(8)10(15)13(7)16-2/h7-8H,3-6H2,1-2H3,(H,11,14)/t7-,8+/m1/s1. The van der Waals surface area contributed by atoms with Crippen LogP contribution in [0, 0.1) is 0 Å². The minimum Gasteiger partial charge on any atom is -0.309 e. The van der Waals surface area contributed by atoms with Crippen LogP contribution in [0.3, 0.4) is 0 Å². The largest absolute Gasteiger partial charge is 0.345 e.